The summed E-state index contributed by atoms with van der Waals surface area (Å²) in [5.41, 5.74) is 3.77. The largest absolute Gasteiger partial charge is 0.494 e. The zero-order valence-corrected chi connectivity index (χ0v) is 17.9. The van der Waals surface area contributed by atoms with Crippen LogP contribution >= 0.6 is 11.6 Å². The van der Waals surface area contributed by atoms with Crippen LogP contribution in [0.4, 0.5) is 4.39 Å². The highest BCUT2D eigenvalue weighted by Gasteiger charge is 2.21. The van der Waals surface area contributed by atoms with E-state index < -0.39 is 0 Å². The van der Waals surface area contributed by atoms with E-state index in [9.17, 15) is 4.39 Å². The molecule has 5 rings (SSSR count). The van der Waals surface area contributed by atoms with Gasteiger partial charge >= 0.3 is 0 Å². The molecule has 0 aliphatic heterocycles. The quantitative estimate of drug-likeness (QED) is 0.366. The Kier molecular flexibility index (Phi) is 5.33. The first-order valence-corrected chi connectivity index (χ1v) is 10.3. The number of hydrogen-bond donors (Lipinski definition) is 1. The summed E-state index contributed by atoms with van der Waals surface area (Å²) in [4.78, 5) is 7.91. The molecule has 0 bridgehead atoms. The van der Waals surface area contributed by atoms with Crippen LogP contribution in [0.3, 0.4) is 0 Å². The fourth-order valence-electron chi connectivity index (χ4n) is 3.60. The smallest absolute Gasteiger partial charge is 0.251 e. The predicted molar refractivity (Wildman–Crippen MR) is 119 cm³/mol. The van der Waals surface area contributed by atoms with Gasteiger partial charge in [-0.1, -0.05) is 54.1 Å². The lowest BCUT2D eigenvalue weighted by atomic mass is 10.1. The number of fused-ring (bicyclic) bond motifs is 1. The second-order valence-corrected chi connectivity index (χ2v) is 7.72. The predicted octanol–water partition coefficient (Wildman–Crippen LogP) is 5.60. The number of aromatic nitrogens is 4. The Bertz CT molecular complexity index is 1380. The van der Waals surface area contributed by atoms with Crippen molar-refractivity contribution in [2.24, 2.45) is 0 Å². The van der Waals surface area contributed by atoms with Crippen molar-refractivity contribution in [2.75, 3.05) is 7.11 Å². The maximum absolute atomic E-state index is 13.2. The Labute approximate surface area is 188 Å². The molecule has 0 atom stereocenters. The van der Waals surface area contributed by atoms with Gasteiger partial charge in [0, 0.05) is 6.42 Å². The van der Waals surface area contributed by atoms with E-state index in [0.717, 1.165) is 11.1 Å². The fourth-order valence-corrected chi connectivity index (χ4v) is 3.85. The summed E-state index contributed by atoms with van der Waals surface area (Å²) in [5.74, 6) is 1.68. The van der Waals surface area contributed by atoms with Crippen molar-refractivity contribution in [3.63, 3.8) is 0 Å². The van der Waals surface area contributed by atoms with Gasteiger partial charge in [0.25, 0.3) is 5.89 Å². The minimum Gasteiger partial charge on any atom is -0.494 e. The summed E-state index contributed by atoms with van der Waals surface area (Å²) >= 11 is 6.55. The Balaban J connectivity index is 1.50. The van der Waals surface area contributed by atoms with E-state index in [1.807, 2.05) is 30.3 Å². The number of rotatable bonds is 6. The lowest BCUT2D eigenvalue weighted by Gasteiger charge is -2.07. The number of halogens is 2. The summed E-state index contributed by atoms with van der Waals surface area (Å²) in [6.45, 7) is 0. The van der Waals surface area contributed by atoms with Crippen molar-refractivity contribution < 1.29 is 13.5 Å². The van der Waals surface area contributed by atoms with E-state index >= 15 is 0 Å². The molecule has 0 aliphatic rings. The molecule has 5 aromatic rings. The molecule has 0 saturated carbocycles. The highest BCUT2D eigenvalue weighted by Crippen LogP contribution is 2.39. The van der Waals surface area contributed by atoms with Crippen LogP contribution in [-0.2, 0) is 12.8 Å². The minimum atomic E-state index is -0.279. The summed E-state index contributed by atoms with van der Waals surface area (Å²) in [5, 5.41) is 8.82. The van der Waals surface area contributed by atoms with Gasteiger partial charge in [-0.2, -0.15) is 0 Å². The van der Waals surface area contributed by atoms with E-state index in [-0.39, 0.29) is 5.82 Å². The van der Waals surface area contributed by atoms with Crippen LogP contribution in [0.2, 0.25) is 5.02 Å². The molecule has 0 aliphatic carbocycles. The third-order valence-corrected chi connectivity index (χ3v) is 5.40. The molecule has 0 saturated heterocycles. The van der Waals surface area contributed by atoms with Crippen LogP contribution in [-0.4, -0.2) is 27.3 Å². The van der Waals surface area contributed by atoms with E-state index in [1.165, 1.54) is 12.1 Å². The van der Waals surface area contributed by atoms with E-state index in [1.54, 1.807) is 25.3 Å². The Morgan fingerprint density at radius 1 is 1.00 bits per heavy atom. The first kappa shape index (κ1) is 20.2. The van der Waals surface area contributed by atoms with Gasteiger partial charge < -0.3 is 14.1 Å². The maximum Gasteiger partial charge on any atom is 0.251 e. The van der Waals surface area contributed by atoms with Crippen molar-refractivity contribution in [1.29, 1.82) is 0 Å². The van der Waals surface area contributed by atoms with Crippen LogP contribution < -0.4 is 4.74 Å². The molecule has 3 aromatic carbocycles. The first-order chi connectivity index (χ1) is 15.6. The average molecular weight is 449 g/mol. The number of methoxy groups -OCH3 is 1. The first-order valence-electron chi connectivity index (χ1n) is 9.97. The lowest BCUT2D eigenvalue weighted by molar-refractivity contribution is 0.417. The molecular formula is C24H18ClFN4O2. The molecule has 2 heterocycles. The highest BCUT2D eigenvalue weighted by atomic mass is 35.5. The van der Waals surface area contributed by atoms with Gasteiger partial charge in [0.2, 0.25) is 5.89 Å². The zero-order valence-electron chi connectivity index (χ0n) is 17.1. The molecule has 32 heavy (non-hydrogen) atoms. The molecule has 0 unspecified atom stereocenters. The van der Waals surface area contributed by atoms with Crippen molar-refractivity contribution in [1.82, 2.24) is 20.2 Å². The van der Waals surface area contributed by atoms with Crippen molar-refractivity contribution in [3.8, 4) is 17.2 Å². The SMILES string of the molecule is COc1c(-c2nnc(Cc3ccccc3)o2)cc(Cl)c2[nH]c(Cc3ccc(F)cc3)nc12. The number of ether oxygens (including phenoxy) is 1. The normalized spacial score (nSPS) is 11.2. The van der Waals surface area contributed by atoms with E-state index in [4.69, 9.17) is 20.8 Å². The zero-order chi connectivity index (χ0) is 22.1. The summed E-state index contributed by atoms with van der Waals surface area (Å²) in [6, 6.07) is 17.9. The number of imidazole rings is 1. The third-order valence-electron chi connectivity index (χ3n) is 5.11. The number of aromatic amines is 1. The van der Waals surface area contributed by atoms with Gasteiger partial charge in [0.1, 0.15) is 17.2 Å². The summed E-state index contributed by atoms with van der Waals surface area (Å²) in [7, 11) is 1.56. The van der Waals surface area contributed by atoms with Gasteiger partial charge in [-0.05, 0) is 29.3 Å². The average Bonchev–Trinajstić information content (AvgIpc) is 3.43. The standard InChI is InChI=1S/C24H18ClFN4O2/c1-31-23-17(24-30-29-20(32-24)12-14-5-3-2-4-6-14)13-18(25)21-22(23)28-19(27-21)11-15-7-9-16(26)10-8-15/h2-10,13H,11-12H2,1H3,(H,27,28). The van der Waals surface area contributed by atoms with Crippen molar-refractivity contribution in [3.05, 3.63) is 94.3 Å². The third kappa shape index (κ3) is 3.94. The molecule has 0 amide bonds. The van der Waals surface area contributed by atoms with Crippen LogP contribution in [0.1, 0.15) is 22.8 Å². The number of hydrogen-bond acceptors (Lipinski definition) is 5. The molecule has 0 spiro atoms. The second kappa shape index (κ2) is 8.43. The van der Waals surface area contributed by atoms with Crippen LogP contribution in [0, 0.1) is 5.82 Å². The number of nitrogens with zero attached hydrogens (tertiary/aromatic N) is 3. The van der Waals surface area contributed by atoms with E-state index in [2.05, 4.69) is 20.2 Å². The Hall–Kier alpha value is -3.71. The molecule has 2 aromatic heterocycles. The molecular weight excluding hydrogens is 431 g/mol. The molecule has 160 valence electrons. The van der Waals surface area contributed by atoms with Crippen molar-refractivity contribution in [2.45, 2.75) is 12.8 Å². The topological polar surface area (TPSA) is 76.8 Å². The highest BCUT2D eigenvalue weighted by molar-refractivity contribution is 6.35. The van der Waals surface area contributed by atoms with Gasteiger partial charge in [0.15, 0.2) is 5.75 Å². The van der Waals surface area contributed by atoms with Gasteiger partial charge in [-0.15, -0.1) is 10.2 Å². The number of H-pyrrole nitrogens is 1. The van der Waals surface area contributed by atoms with Gasteiger partial charge in [-0.25, -0.2) is 9.37 Å². The molecule has 0 radical (unpaired) electrons. The van der Waals surface area contributed by atoms with Crippen LogP contribution in [0.5, 0.6) is 5.75 Å². The monoisotopic (exact) mass is 448 g/mol. The molecule has 6 nitrogen and oxygen atoms in total. The van der Waals surface area contributed by atoms with Crippen LogP contribution in [0.15, 0.2) is 65.1 Å². The maximum atomic E-state index is 13.2. The molecule has 8 heteroatoms. The second-order valence-electron chi connectivity index (χ2n) is 7.31. The molecule has 1 N–H and O–H groups in total. The minimum absolute atomic E-state index is 0.279. The molecule has 0 fully saturated rings. The Morgan fingerprint density at radius 3 is 2.50 bits per heavy atom. The summed E-state index contributed by atoms with van der Waals surface area (Å²) < 4.78 is 24.8. The fraction of sp³-hybridized carbons (Fsp3) is 0.125. The van der Waals surface area contributed by atoms with Crippen LogP contribution in [0.25, 0.3) is 22.5 Å². The number of benzene rings is 3. The summed E-state index contributed by atoms with van der Waals surface area (Å²) in [6.07, 6.45) is 1.02. The lowest BCUT2D eigenvalue weighted by Crippen LogP contribution is -1.92. The van der Waals surface area contributed by atoms with Crippen molar-refractivity contribution >= 4 is 22.6 Å². The van der Waals surface area contributed by atoms with Gasteiger partial charge in [0.05, 0.1) is 29.6 Å². The van der Waals surface area contributed by atoms with E-state index in [0.29, 0.717) is 57.8 Å². The number of nitrogens with one attached hydrogen (secondary N) is 1. The Morgan fingerprint density at radius 2 is 1.75 bits per heavy atom. The van der Waals surface area contributed by atoms with Gasteiger partial charge in [-0.3, -0.25) is 0 Å².